The summed E-state index contributed by atoms with van der Waals surface area (Å²) in [5.74, 6) is 0.356. The van der Waals surface area contributed by atoms with Gasteiger partial charge in [-0.3, -0.25) is 14.9 Å². The summed E-state index contributed by atoms with van der Waals surface area (Å²) in [6.07, 6.45) is 0. The second-order valence-electron chi connectivity index (χ2n) is 3.82. The van der Waals surface area contributed by atoms with Gasteiger partial charge in [0.25, 0.3) is 11.2 Å². The molecule has 7 heteroatoms. The fourth-order valence-corrected chi connectivity index (χ4v) is 1.61. The first kappa shape index (κ1) is 12.9. The zero-order valence-corrected chi connectivity index (χ0v) is 10.1. The number of nitro benzene ring substituents is 1. The molecule has 1 aromatic heterocycles. The average Bonchev–Trinajstić information content (AvgIpc) is 2.38. The van der Waals surface area contributed by atoms with Crippen LogP contribution in [0.2, 0.25) is 0 Å². The summed E-state index contributed by atoms with van der Waals surface area (Å²) >= 11 is 0. The number of non-ortho nitro benzene ring substituents is 1. The highest BCUT2D eigenvalue weighted by molar-refractivity contribution is 5.57. The zero-order valence-electron chi connectivity index (χ0n) is 10.1. The molecule has 0 aliphatic carbocycles. The van der Waals surface area contributed by atoms with E-state index in [1.165, 1.54) is 37.4 Å². The van der Waals surface area contributed by atoms with Gasteiger partial charge in [-0.05, 0) is 12.1 Å². The Morgan fingerprint density at radius 2 is 2.05 bits per heavy atom. The van der Waals surface area contributed by atoms with Crippen molar-refractivity contribution in [2.75, 3.05) is 7.11 Å². The first-order chi connectivity index (χ1) is 9.10. The predicted molar refractivity (Wildman–Crippen MR) is 67.7 cm³/mol. The molecule has 0 aliphatic rings. The van der Waals surface area contributed by atoms with Crippen molar-refractivity contribution >= 4 is 5.69 Å². The van der Waals surface area contributed by atoms with Crippen LogP contribution in [0.15, 0.2) is 35.1 Å². The summed E-state index contributed by atoms with van der Waals surface area (Å²) in [7, 11) is 1.51. The van der Waals surface area contributed by atoms with Crippen LogP contribution in [0.5, 0.6) is 0 Å². The number of nitro groups is 1. The average molecular weight is 261 g/mol. The van der Waals surface area contributed by atoms with E-state index in [0.29, 0.717) is 17.1 Å². The lowest BCUT2D eigenvalue weighted by Gasteiger charge is -2.03. The van der Waals surface area contributed by atoms with Gasteiger partial charge in [0.15, 0.2) is 0 Å². The molecule has 1 N–H and O–H groups in total. The van der Waals surface area contributed by atoms with E-state index < -0.39 is 4.92 Å². The molecule has 0 saturated heterocycles. The van der Waals surface area contributed by atoms with Crippen molar-refractivity contribution in [2.24, 2.45) is 0 Å². The molecule has 0 unspecified atom stereocenters. The monoisotopic (exact) mass is 261 g/mol. The van der Waals surface area contributed by atoms with Gasteiger partial charge in [-0.2, -0.15) is 0 Å². The van der Waals surface area contributed by atoms with Gasteiger partial charge in [-0.1, -0.05) is 0 Å². The Balaban J connectivity index is 2.40. The van der Waals surface area contributed by atoms with E-state index in [4.69, 9.17) is 4.74 Å². The SMILES string of the molecule is COCc1cc(=O)[nH]c(-c2ccc([N+](=O)[O-])cc2)n1. The molecule has 7 nitrogen and oxygen atoms in total. The Hall–Kier alpha value is -2.54. The normalized spacial score (nSPS) is 10.4. The third-order valence-corrected chi connectivity index (χ3v) is 2.44. The van der Waals surface area contributed by atoms with Crippen molar-refractivity contribution in [3.63, 3.8) is 0 Å². The number of benzene rings is 1. The van der Waals surface area contributed by atoms with E-state index >= 15 is 0 Å². The number of nitrogens with one attached hydrogen (secondary N) is 1. The van der Waals surface area contributed by atoms with Crippen molar-refractivity contribution in [2.45, 2.75) is 6.61 Å². The van der Waals surface area contributed by atoms with Crippen LogP contribution in [0.3, 0.4) is 0 Å². The summed E-state index contributed by atoms with van der Waals surface area (Å²) in [6, 6.07) is 7.13. The maximum absolute atomic E-state index is 11.5. The number of aromatic nitrogens is 2. The van der Waals surface area contributed by atoms with Crippen molar-refractivity contribution in [1.82, 2.24) is 9.97 Å². The third kappa shape index (κ3) is 3.02. The van der Waals surface area contributed by atoms with Gasteiger partial charge in [-0.25, -0.2) is 4.98 Å². The van der Waals surface area contributed by atoms with Crippen molar-refractivity contribution in [1.29, 1.82) is 0 Å². The first-order valence-corrected chi connectivity index (χ1v) is 5.44. The number of rotatable bonds is 4. The molecule has 0 spiro atoms. The number of methoxy groups -OCH3 is 1. The summed E-state index contributed by atoms with van der Waals surface area (Å²) in [4.78, 5) is 28.3. The molecule has 0 bridgehead atoms. The highest BCUT2D eigenvalue weighted by Crippen LogP contribution is 2.18. The molecule has 0 fully saturated rings. The second kappa shape index (κ2) is 5.40. The van der Waals surface area contributed by atoms with Crippen molar-refractivity contribution in [3.05, 3.63) is 56.5 Å². The number of nitrogens with zero attached hydrogens (tertiary/aromatic N) is 2. The third-order valence-electron chi connectivity index (χ3n) is 2.44. The Bertz CT molecular complexity index is 649. The Labute approximate surface area is 108 Å². The van der Waals surface area contributed by atoms with Crippen LogP contribution in [-0.4, -0.2) is 22.0 Å². The highest BCUT2D eigenvalue weighted by atomic mass is 16.6. The lowest BCUT2D eigenvalue weighted by Crippen LogP contribution is -2.10. The molecule has 98 valence electrons. The zero-order chi connectivity index (χ0) is 13.8. The minimum Gasteiger partial charge on any atom is -0.378 e. The van der Waals surface area contributed by atoms with Gasteiger partial charge in [0.1, 0.15) is 5.82 Å². The van der Waals surface area contributed by atoms with E-state index in [2.05, 4.69) is 9.97 Å². The van der Waals surface area contributed by atoms with Gasteiger partial charge in [0, 0.05) is 30.9 Å². The molecule has 0 aliphatic heterocycles. The number of aromatic amines is 1. The number of ether oxygens (including phenoxy) is 1. The molecule has 0 atom stereocenters. The molecule has 2 rings (SSSR count). The van der Waals surface area contributed by atoms with Crippen LogP contribution in [0.4, 0.5) is 5.69 Å². The van der Waals surface area contributed by atoms with E-state index in [1.54, 1.807) is 0 Å². The second-order valence-corrected chi connectivity index (χ2v) is 3.82. The lowest BCUT2D eigenvalue weighted by atomic mass is 10.2. The number of H-pyrrole nitrogens is 1. The van der Waals surface area contributed by atoms with Crippen molar-refractivity contribution < 1.29 is 9.66 Å². The molecule has 0 amide bonds. The van der Waals surface area contributed by atoms with E-state index in [0.717, 1.165) is 0 Å². The molecular weight excluding hydrogens is 250 g/mol. The summed E-state index contributed by atoms with van der Waals surface area (Å²) < 4.78 is 4.92. The minimum atomic E-state index is -0.485. The van der Waals surface area contributed by atoms with Crippen LogP contribution in [0.1, 0.15) is 5.69 Å². The maximum atomic E-state index is 11.5. The van der Waals surface area contributed by atoms with E-state index in [-0.39, 0.29) is 17.9 Å². The molecule has 2 aromatic rings. The molecular formula is C12H11N3O4. The topological polar surface area (TPSA) is 98.1 Å². The van der Waals surface area contributed by atoms with Gasteiger partial charge >= 0.3 is 0 Å². The largest absolute Gasteiger partial charge is 0.378 e. The van der Waals surface area contributed by atoms with Gasteiger partial charge < -0.3 is 9.72 Å². The Morgan fingerprint density at radius 1 is 1.37 bits per heavy atom. The van der Waals surface area contributed by atoms with E-state index in [9.17, 15) is 14.9 Å². The predicted octanol–water partition coefficient (Wildman–Crippen LogP) is 1.49. The fraction of sp³-hybridized carbons (Fsp3) is 0.167. The van der Waals surface area contributed by atoms with Crippen LogP contribution in [0.25, 0.3) is 11.4 Å². The highest BCUT2D eigenvalue weighted by Gasteiger charge is 2.08. The molecule has 19 heavy (non-hydrogen) atoms. The first-order valence-electron chi connectivity index (χ1n) is 5.44. The molecule has 0 saturated carbocycles. The van der Waals surface area contributed by atoms with Crippen molar-refractivity contribution in [3.8, 4) is 11.4 Å². The summed E-state index contributed by atoms with van der Waals surface area (Å²) in [5.41, 5.74) is 0.787. The van der Waals surface area contributed by atoms with Crippen LogP contribution < -0.4 is 5.56 Å². The van der Waals surface area contributed by atoms with Crippen LogP contribution >= 0.6 is 0 Å². The van der Waals surface area contributed by atoms with Gasteiger partial charge in [-0.15, -0.1) is 0 Å². The maximum Gasteiger partial charge on any atom is 0.269 e. The molecule has 1 heterocycles. The molecule has 0 radical (unpaired) electrons. The fourth-order valence-electron chi connectivity index (χ4n) is 1.61. The quantitative estimate of drug-likeness (QED) is 0.664. The van der Waals surface area contributed by atoms with Crippen LogP contribution in [-0.2, 0) is 11.3 Å². The minimum absolute atomic E-state index is 0.0147. The number of hydrogen-bond acceptors (Lipinski definition) is 5. The standard InChI is InChI=1S/C12H11N3O4/c1-19-7-9-6-11(16)14-12(13-9)8-2-4-10(5-3-8)15(17)18/h2-6H,7H2,1H3,(H,13,14,16). The Morgan fingerprint density at radius 3 is 2.63 bits per heavy atom. The van der Waals surface area contributed by atoms with Gasteiger partial charge in [0.05, 0.1) is 17.2 Å². The smallest absolute Gasteiger partial charge is 0.269 e. The number of hydrogen-bond donors (Lipinski definition) is 1. The summed E-state index contributed by atoms with van der Waals surface area (Å²) in [5, 5.41) is 10.6. The van der Waals surface area contributed by atoms with Gasteiger partial charge in [0.2, 0.25) is 0 Å². The van der Waals surface area contributed by atoms with E-state index in [1.807, 2.05) is 0 Å². The van der Waals surface area contributed by atoms with Crippen LogP contribution in [0, 0.1) is 10.1 Å². The lowest BCUT2D eigenvalue weighted by molar-refractivity contribution is -0.384. The molecule has 1 aromatic carbocycles. The summed E-state index contributed by atoms with van der Waals surface area (Å²) in [6.45, 7) is 0.226. The Kier molecular flexibility index (Phi) is 3.67.